The minimum Gasteiger partial charge on any atom is -0.459 e. The highest BCUT2D eigenvalue weighted by atomic mass is 16.6. The fourth-order valence-corrected chi connectivity index (χ4v) is 3.35. The molecule has 138 valence electrons. The maximum atomic E-state index is 12.8. The van der Waals surface area contributed by atoms with Crippen LogP contribution in [0.3, 0.4) is 0 Å². The monoisotopic (exact) mass is 347 g/mol. The maximum Gasteiger partial charge on any atom is 0.314 e. The quantitative estimate of drug-likeness (QED) is 0.803. The normalized spacial score (nSPS) is 23.8. The molecule has 1 heterocycles. The zero-order valence-corrected chi connectivity index (χ0v) is 15.6. The van der Waals surface area contributed by atoms with Crippen LogP contribution in [0.4, 0.5) is 0 Å². The molecule has 5 nitrogen and oxygen atoms in total. The van der Waals surface area contributed by atoms with Crippen LogP contribution in [-0.2, 0) is 20.7 Å². The van der Waals surface area contributed by atoms with Crippen molar-refractivity contribution in [2.75, 3.05) is 19.7 Å². The maximum absolute atomic E-state index is 12.8. The van der Waals surface area contributed by atoms with Gasteiger partial charge in [-0.2, -0.15) is 0 Å². The Morgan fingerprint density at radius 1 is 1.32 bits per heavy atom. The molecule has 0 radical (unpaired) electrons. The number of esters is 1. The Bertz CT molecular complexity index is 608. The van der Waals surface area contributed by atoms with Crippen LogP contribution in [0.5, 0.6) is 0 Å². The zero-order chi connectivity index (χ0) is 18.7. The molecular formula is C20H29NO4. The van der Waals surface area contributed by atoms with Crippen LogP contribution in [0.2, 0.25) is 0 Å². The average molecular weight is 347 g/mol. The third-order valence-corrected chi connectivity index (χ3v) is 4.69. The van der Waals surface area contributed by atoms with Crippen LogP contribution in [0.15, 0.2) is 30.3 Å². The SMILES string of the molecule is CC(C)(C)OC(=O)[C@]1(C)CN(CCc2ccccc2)C(=O)C1CCO. The first-order valence-electron chi connectivity index (χ1n) is 8.84. The van der Waals surface area contributed by atoms with E-state index in [2.05, 4.69) is 0 Å². The van der Waals surface area contributed by atoms with Gasteiger partial charge in [-0.1, -0.05) is 30.3 Å². The number of aliphatic hydroxyl groups excluding tert-OH is 1. The molecule has 1 aromatic carbocycles. The summed E-state index contributed by atoms with van der Waals surface area (Å²) >= 11 is 0. The van der Waals surface area contributed by atoms with Crippen LogP contribution in [0, 0.1) is 11.3 Å². The number of benzene rings is 1. The van der Waals surface area contributed by atoms with Gasteiger partial charge in [0.05, 0.1) is 11.3 Å². The van der Waals surface area contributed by atoms with Crippen LogP contribution >= 0.6 is 0 Å². The van der Waals surface area contributed by atoms with Gasteiger partial charge in [0.15, 0.2) is 0 Å². The van der Waals surface area contributed by atoms with Gasteiger partial charge in [0, 0.05) is 19.7 Å². The molecule has 1 saturated heterocycles. The van der Waals surface area contributed by atoms with Crippen molar-refractivity contribution in [2.45, 2.75) is 46.1 Å². The summed E-state index contributed by atoms with van der Waals surface area (Å²) in [4.78, 5) is 27.3. The molecule has 1 N–H and O–H groups in total. The molecule has 2 rings (SSSR count). The molecule has 0 saturated carbocycles. The number of hydrogen-bond donors (Lipinski definition) is 1. The standard InChI is InChI=1S/C20H29NO4/c1-19(2,3)25-18(24)20(4)14-21(17(23)16(20)11-13-22)12-10-15-8-6-5-7-9-15/h5-9,16,22H,10-14H2,1-4H3/t16?,20-/m1/s1. The number of likely N-dealkylation sites (tertiary alicyclic amines) is 1. The summed E-state index contributed by atoms with van der Waals surface area (Å²) in [7, 11) is 0. The van der Waals surface area contributed by atoms with Gasteiger partial charge in [-0.3, -0.25) is 9.59 Å². The smallest absolute Gasteiger partial charge is 0.314 e. The Labute approximate surface area is 150 Å². The van der Waals surface area contributed by atoms with Gasteiger partial charge in [0.1, 0.15) is 5.60 Å². The predicted molar refractivity (Wildman–Crippen MR) is 95.9 cm³/mol. The van der Waals surface area contributed by atoms with Crippen molar-refractivity contribution in [3.05, 3.63) is 35.9 Å². The summed E-state index contributed by atoms with van der Waals surface area (Å²) in [5, 5.41) is 9.36. The number of carbonyl (C=O) groups is 2. The van der Waals surface area contributed by atoms with Crippen molar-refractivity contribution in [1.29, 1.82) is 0 Å². The minimum absolute atomic E-state index is 0.0710. The summed E-state index contributed by atoms with van der Waals surface area (Å²) in [5.74, 6) is -0.976. The molecule has 25 heavy (non-hydrogen) atoms. The molecule has 0 aromatic heterocycles. The molecule has 1 unspecified atom stereocenters. The summed E-state index contributed by atoms with van der Waals surface area (Å²) in [5.41, 5.74) is -0.381. The molecule has 1 fully saturated rings. The number of carbonyl (C=O) groups excluding carboxylic acids is 2. The van der Waals surface area contributed by atoms with Crippen molar-refractivity contribution in [1.82, 2.24) is 4.90 Å². The van der Waals surface area contributed by atoms with E-state index >= 15 is 0 Å². The van der Waals surface area contributed by atoms with E-state index < -0.39 is 16.9 Å². The third-order valence-electron chi connectivity index (χ3n) is 4.69. The Morgan fingerprint density at radius 3 is 2.52 bits per heavy atom. The predicted octanol–water partition coefficient (Wildman–Crippen LogP) is 2.42. The van der Waals surface area contributed by atoms with Gasteiger partial charge in [-0.15, -0.1) is 0 Å². The van der Waals surface area contributed by atoms with Gasteiger partial charge in [0.25, 0.3) is 0 Å². The number of rotatable bonds is 6. The van der Waals surface area contributed by atoms with Crippen molar-refractivity contribution < 1.29 is 19.4 Å². The number of ether oxygens (including phenoxy) is 1. The molecule has 1 amide bonds. The fraction of sp³-hybridized carbons (Fsp3) is 0.600. The molecule has 1 aromatic rings. The third kappa shape index (κ3) is 4.60. The van der Waals surface area contributed by atoms with E-state index in [1.807, 2.05) is 51.1 Å². The van der Waals surface area contributed by atoms with E-state index in [1.54, 1.807) is 11.8 Å². The highest BCUT2D eigenvalue weighted by molar-refractivity contribution is 5.91. The lowest BCUT2D eigenvalue weighted by Gasteiger charge is -2.31. The van der Waals surface area contributed by atoms with Crippen LogP contribution in [0.1, 0.15) is 39.7 Å². The first-order valence-corrected chi connectivity index (χ1v) is 8.84. The summed E-state index contributed by atoms with van der Waals surface area (Å²) in [6.45, 7) is 8.00. The van der Waals surface area contributed by atoms with E-state index in [-0.39, 0.29) is 24.9 Å². The second-order valence-corrected chi connectivity index (χ2v) is 7.98. The molecule has 5 heteroatoms. The van der Waals surface area contributed by atoms with Gasteiger partial charge < -0.3 is 14.7 Å². The molecular weight excluding hydrogens is 318 g/mol. The highest BCUT2D eigenvalue weighted by Crippen LogP contribution is 2.40. The Kier molecular flexibility index (Phi) is 5.88. The number of aliphatic hydroxyl groups is 1. The van der Waals surface area contributed by atoms with E-state index in [1.165, 1.54) is 0 Å². The second-order valence-electron chi connectivity index (χ2n) is 7.98. The topological polar surface area (TPSA) is 66.8 Å². The fourth-order valence-electron chi connectivity index (χ4n) is 3.35. The van der Waals surface area contributed by atoms with Gasteiger partial charge >= 0.3 is 5.97 Å². The minimum atomic E-state index is -0.927. The number of amides is 1. The lowest BCUT2D eigenvalue weighted by molar-refractivity contribution is -0.169. The summed E-state index contributed by atoms with van der Waals surface area (Å²) in [6.07, 6.45) is 1.01. The lowest BCUT2D eigenvalue weighted by Crippen LogP contribution is -2.41. The first kappa shape index (κ1) is 19.4. The van der Waals surface area contributed by atoms with E-state index in [4.69, 9.17) is 4.74 Å². The van der Waals surface area contributed by atoms with Crippen LogP contribution < -0.4 is 0 Å². The number of nitrogens with zero attached hydrogens (tertiary/aromatic N) is 1. The molecule has 0 spiro atoms. The van der Waals surface area contributed by atoms with Crippen LogP contribution in [-0.4, -0.2) is 47.2 Å². The Balaban J connectivity index is 2.14. The van der Waals surface area contributed by atoms with Crippen molar-refractivity contribution in [2.24, 2.45) is 11.3 Å². The van der Waals surface area contributed by atoms with Crippen LogP contribution in [0.25, 0.3) is 0 Å². The second kappa shape index (κ2) is 7.56. The average Bonchev–Trinajstić information content (AvgIpc) is 2.78. The van der Waals surface area contributed by atoms with Gasteiger partial charge in [-0.05, 0) is 46.1 Å². The van der Waals surface area contributed by atoms with Gasteiger partial charge in [-0.25, -0.2) is 0 Å². The lowest BCUT2D eigenvalue weighted by atomic mass is 9.78. The largest absolute Gasteiger partial charge is 0.459 e. The van der Waals surface area contributed by atoms with E-state index in [0.717, 1.165) is 12.0 Å². The van der Waals surface area contributed by atoms with Crippen molar-refractivity contribution in [3.8, 4) is 0 Å². The van der Waals surface area contributed by atoms with E-state index in [9.17, 15) is 14.7 Å². The first-order chi connectivity index (χ1) is 11.7. The Hall–Kier alpha value is -1.88. The highest BCUT2D eigenvalue weighted by Gasteiger charge is 2.54. The van der Waals surface area contributed by atoms with E-state index in [0.29, 0.717) is 13.1 Å². The van der Waals surface area contributed by atoms with Crippen molar-refractivity contribution in [3.63, 3.8) is 0 Å². The number of hydrogen-bond acceptors (Lipinski definition) is 4. The zero-order valence-electron chi connectivity index (χ0n) is 15.6. The molecule has 0 aliphatic carbocycles. The Morgan fingerprint density at radius 2 is 1.96 bits per heavy atom. The summed E-state index contributed by atoms with van der Waals surface area (Å²) in [6, 6.07) is 9.96. The summed E-state index contributed by atoms with van der Waals surface area (Å²) < 4.78 is 5.56. The molecule has 1 aliphatic heterocycles. The molecule has 0 bridgehead atoms. The molecule has 1 aliphatic rings. The van der Waals surface area contributed by atoms with Gasteiger partial charge in [0.2, 0.25) is 5.91 Å². The molecule has 2 atom stereocenters. The van der Waals surface area contributed by atoms with Crippen molar-refractivity contribution >= 4 is 11.9 Å².